The average molecular weight is 1110 g/mol. The highest BCUT2D eigenvalue weighted by Gasteiger charge is 2.53. The summed E-state index contributed by atoms with van der Waals surface area (Å²) in [4.78, 5) is 13.3. The molecule has 3 fully saturated rings. The average Bonchev–Trinajstić information content (AvgIpc) is 3.44. The molecule has 0 radical (unpaired) electrons. The van der Waals surface area contributed by atoms with Crippen molar-refractivity contribution in [2.45, 2.75) is 324 Å². The Morgan fingerprint density at radius 3 is 1.22 bits per heavy atom. The van der Waals surface area contributed by atoms with Gasteiger partial charge in [0.15, 0.2) is 18.9 Å². The zero-order valence-electron chi connectivity index (χ0n) is 47.2. The first-order valence-electron chi connectivity index (χ1n) is 30.4. The number of ether oxygens (including phenoxy) is 6. The van der Waals surface area contributed by atoms with Crippen molar-refractivity contribution in [2.24, 2.45) is 0 Å². The van der Waals surface area contributed by atoms with E-state index in [-0.39, 0.29) is 18.9 Å². The minimum absolute atomic E-state index is 0.249. The van der Waals surface area contributed by atoms with Crippen LogP contribution < -0.4 is 5.32 Å². The van der Waals surface area contributed by atoms with Crippen molar-refractivity contribution in [2.75, 3.05) is 26.4 Å². The van der Waals surface area contributed by atoms with Crippen LogP contribution in [0.3, 0.4) is 0 Å². The maximum Gasteiger partial charge on any atom is 0.220 e. The minimum Gasteiger partial charge on any atom is -0.394 e. The third-order valence-corrected chi connectivity index (χ3v) is 15.6. The fourth-order valence-corrected chi connectivity index (χ4v) is 10.5. The first kappa shape index (κ1) is 69.8. The number of nitrogens with one attached hydrogen (secondary N) is 1. The summed E-state index contributed by atoms with van der Waals surface area (Å²) in [6, 6.07) is -0.965. The van der Waals surface area contributed by atoms with Crippen molar-refractivity contribution in [1.29, 1.82) is 0 Å². The first-order chi connectivity index (χ1) is 37.3. The summed E-state index contributed by atoms with van der Waals surface area (Å²) in [5.41, 5.74) is 0. The number of aliphatic hydroxyl groups is 11. The molecule has 19 nitrogen and oxygen atoms in total. The van der Waals surface area contributed by atoms with Crippen LogP contribution in [0.25, 0.3) is 0 Å². The maximum absolute atomic E-state index is 13.3. The highest BCUT2D eigenvalue weighted by molar-refractivity contribution is 5.76. The molecule has 77 heavy (non-hydrogen) atoms. The normalized spacial score (nSPS) is 30.7. The number of hydrogen-bond acceptors (Lipinski definition) is 18. The molecule has 17 unspecified atom stereocenters. The van der Waals surface area contributed by atoms with Gasteiger partial charge in [-0.3, -0.25) is 4.79 Å². The largest absolute Gasteiger partial charge is 0.394 e. The van der Waals surface area contributed by atoms with Crippen LogP contribution in [0.15, 0.2) is 12.2 Å². The molecule has 1 amide bonds. The Bertz CT molecular complexity index is 1460. The second-order valence-corrected chi connectivity index (χ2v) is 22.2. The Kier molecular flexibility index (Phi) is 38.4. The minimum atomic E-state index is -1.97. The molecule has 3 heterocycles. The van der Waals surface area contributed by atoms with Crippen molar-refractivity contribution < 1.29 is 89.4 Å². The molecule has 0 spiro atoms. The van der Waals surface area contributed by atoms with Crippen LogP contribution in [0.1, 0.15) is 219 Å². The molecule has 0 aromatic carbocycles. The molecule has 3 rings (SSSR count). The van der Waals surface area contributed by atoms with Gasteiger partial charge in [0.05, 0.1) is 38.6 Å². The Hall–Kier alpha value is -1.47. The molecular weight excluding hydrogens is 999 g/mol. The van der Waals surface area contributed by atoms with Gasteiger partial charge < -0.3 is 89.9 Å². The SMILES string of the molecule is CCCCCCCCCC/C=C/C(O)C(COC1OC(CO)C(OC2OC(CO)C(OC3OC(CO)C(O)C(O)C3O)C(O)C2O)C(O)C1O)NC(=O)CCCCCCCCCCCCCCCCCCCCCCCC. The zero-order valence-corrected chi connectivity index (χ0v) is 47.2. The summed E-state index contributed by atoms with van der Waals surface area (Å²) >= 11 is 0. The van der Waals surface area contributed by atoms with E-state index in [9.17, 15) is 61.0 Å². The van der Waals surface area contributed by atoms with E-state index in [1.807, 2.05) is 6.08 Å². The Morgan fingerprint density at radius 2 is 0.805 bits per heavy atom. The van der Waals surface area contributed by atoms with Gasteiger partial charge in [0.1, 0.15) is 73.2 Å². The van der Waals surface area contributed by atoms with Gasteiger partial charge in [0, 0.05) is 6.42 Å². The van der Waals surface area contributed by atoms with Gasteiger partial charge in [-0.05, 0) is 19.3 Å². The van der Waals surface area contributed by atoms with Crippen LogP contribution in [0, 0.1) is 0 Å². The fourth-order valence-electron chi connectivity index (χ4n) is 10.5. The van der Waals surface area contributed by atoms with Crippen LogP contribution in [-0.4, -0.2) is 193 Å². The van der Waals surface area contributed by atoms with E-state index in [0.717, 1.165) is 44.9 Å². The highest BCUT2D eigenvalue weighted by Crippen LogP contribution is 2.33. The molecule has 3 saturated heterocycles. The molecule has 0 aromatic heterocycles. The van der Waals surface area contributed by atoms with Crippen molar-refractivity contribution in [1.82, 2.24) is 5.32 Å². The molecule has 17 atom stereocenters. The summed E-state index contributed by atoms with van der Waals surface area (Å²) in [5.74, 6) is -0.274. The van der Waals surface area contributed by atoms with Gasteiger partial charge >= 0.3 is 0 Å². The molecule has 12 N–H and O–H groups in total. The predicted octanol–water partition coefficient (Wildman–Crippen LogP) is 5.38. The lowest BCUT2D eigenvalue weighted by atomic mass is 9.96. The van der Waals surface area contributed by atoms with Crippen molar-refractivity contribution in [3.63, 3.8) is 0 Å². The van der Waals surface area contributed by atoms with Gasteiger partial charge in [-0.1, -0.05) is 206 Å². The molecule has 0 aliphatic carbocycles. The number of unbranched alkanes of at least 4 members (excludes halogenated alkanes) is 29. The number of rotatable bonds is 45. The lowest BCUT2D eigenvalue weighted by molar-refractivity contribution is -0.379. The number of amides is 1. The monoisotopic (exact) mass is 1110 g/mol. The van der Waals surface area contributed by atoms with Crippen LogP contribution in [-0.2, 0) is 33.2 Å². The topological polar surface area (TPSA) is 307 Å². The number of hydrogen-bond donors (Lipinski definition) is 12. The summed E-state index contributed by atoms with van der Waals surface area (Å²) < 4.78 is 34.2. The molecule has 0 bridgehead atoms. The Morgan fingerprint density at radius 1 is 0.455 bits per heavy atom. The number of carbonyl (C=O) groups is 1. The molecule has 3 aliphatic rings. The lowest BCUT2D eigenvalue weighted by Gasteiger charge is -2.48. The summed E-state index contributed by atoms with van der Waals surface area (Å²) in [7, 11) is 0. The van der Waals surface area contributed by atoms with Gasteiger partial charge in [0.2, 0.25) is 5.91 Å². The molecule has 3 aliphatic heterocycles. The van der Waals surface area contributed by atoms with Crippen LogP contribution in [0.5, 0.6) is 0 Å². The smallest absolute Gasteiger partial charge is 0.220 e. The lowest BCUT2D eigenvalue weighted by Crippen LogP contribution is -2.66. The highest BCUT2D eigenvalue weighted by atomic mass is 16.8. The number of allylic oxidation sites excluding steroid dienone is 1. The van der Waals surface area contributed by atoms with E-state index >= 15 is 0 Å². The van der Waals surface area contributed by atoms with Gasteiger partial charge in [-0.2, -0.15) is 0 Å². The first-order valence-corrected chi connectivity index (χ1v) is 30.4. The van der Waals surface area contributed by atoms with E-state index in [0.29, 0.717) is 6.42 Å². The third-order valence-electron chi connectivity index (χ3n) is 15.6. The Labute approximate surface area is 461 Å². The van der Waals surface area contributed by atoms with E-state index in [4.69, 9.17) is 28.4 Å². The summed E-state index contributed by atoms with van der Waals surface area (Å²) in [6.45, 7) is 1.71. The molecule has 0 saturated carbocycles. The van der Waals surface area contributed by atoms with E-state index in [1.165, 1.54) is 148 Å². The quantitative estimate of drug-likeness (QED) is 0.0269. The number of carbonyl (C=O) groups excluding carboxylic acids is 1. The number of aliphatic hydroxyl groups excluding tert-OH is 11. The fraction of sp³-hybridized carbons (Fsp3) is 0.948. The van der Waals surface area contributed by atoms with E-state index in [2.05, 4.69) is 19.2 Å². The second kappa shape index (κ2) is 42.4. The second-order valence-electron chi connectivity index (χ2n) is 22.2. The van der Waals surface area contributed by atoms with E-state index in [1.54, 1.807) is 6.08 Å². The van der Waals surface area contributed by atoms with E-state index < -0.39 is 124 Å². The van der Waals surface area contributed by atoms with Gasteiger partial charge in [-0.25, -0.2) is 0 Å². The van der Waals surface area contributed by atoms with Crippen molar-refractivity contribution >= 4 is 5.91 Å². The summed E-state index contributed by atoms with van der Waals surface area (Å²) in [6.07, 6.45) is 15.0. The molecule has 19 heteroatoms. The molecular formula is C58H109NO18. The molecule has 454 valence electrons. The molecule has 0 aromatic rings. The van der Waals surface area contributed by atoms with Crippen LogP contribution in [0.4, 0.5) is 0 Å². The van der Waals surface area contributed by atoms with Crippen molar-refractivity contribution in [3.8, 4) is 0 Å². The van der Waals surface area contributed by atoms with Crippen LogP contribution in [0.2, 0.25) is 0 Å². The summed E-state index contributed by atoms with van der Waals surface area (Å²) in [5, 5.41) is 120. The standard InChI is InChI=1S/C58H109NO18/c1-3-5-7-9-11-13-15-16-17-18-19-20-21-22-23-24-25-26-28-30-32-34-36-46(64)59-41(42(63)35-33-31-29-27-14-12-10-8-6-4-2)40-72-56-52(70)49(67)54(44(38-61)74-56)77-58-53(71)50(68)55(45(39-62)75-58)76-57-51(69)48(66)47(65)43(37-60)73-57/h33,35,41-45,47-58,60-63,65-71H,3-32,34,36-40H2,1-2H3,(H,59,64)/b35-33+. The van der Waals surface area contributed by atoms with Crippen LogP contribution >= 0.6 is 0 Å². The van der Waals surface area contributed by atoms with Gasteiger partial charge in [0.25, 0.3) is 0 Å². The third kappa shape index (κ3) is 26.5. The predicted molar refractivity (Wildman–Crippen MR) is 291 cm³/mol. The zero-order chi connectivity index (χ0) is 56.2. The Balaban J connectivity index is 1.45. The maximum atomic E-state index is 13.3. The van der Waals surface area contributed by atoms with Crippen molar-refractivity contribution in [3.05, 3.63) is 12.2 Å². The van der Waals surface area contributed by atoms with Gasteiger partial charge in [-0.15, -0.1) is 0 Å².